The summed E-state index contributed by atoms with van der Waals surface area (Å²) in [6, 6.07) is 4.50. The van der Waals surface area contributed by atoms with Crippen molar-refractivity contribution in [2.75, 3.05) is 19.8 Å². The molecule has 0 fully saturated rings. The lowest BCUT2D eigenvalue weighted by molar-refractivity contribution is -0.0591. The highest BCUT2D eigenvalue weighted by atomic mass is 16.6. The summed E-state index contributed by atoms with van der Waals surface area (Å²) in [6.07, 6.45) is -2.31. The molecule has 2 aromatic carbocycles. The summed E-state index contributed by atoms with van der Waals surface area (Å²) in [4.78, 5) is 15.0. The number of carbonyl (C=O) groups is 1. The Morgan fingerprint density at radius 1 is 0.966 bits per heavy atom. The van der Waals surface area contributed by atoms with Crippen LogP contribution in [-0.2, 0) is 4.74 Å². The number of phenolic OH excluding ortho intramolecular Hbond substituents is 5. The van der Waals surface area contributed by atoms with Crippen molar-refractivity contribution in [1.29, 1.82) is 0 Å². The van der Waals surface area contributed by atoms with Crippen LogP contribution in [0.2, 0.25) is 0 Å². The topological polar surface area (TPSA) is 140 Å². The zero-order valence-corrected chi connectivity index (χ0v) is 16.0. The molecule has 9 heteroatoms. The molecule has 0 radical (unpaired) electrons. The predicted molar refractivity (Wildman–Crippen MR) is 102 cm³/mol. The van der Waals surface area contributed by atoms with Gasteiger partial charge in [0.1, 0.15) is 29.5 Å². The second kappa shape index (κ2) is 8.06. The molecule has 3 rings (SSSR count). The standard InChI is InChI=1S/C20H23NO8/c1-3-21(4-2)9-28-20-18(27)16-12(23)7-11(22)8-15(16)29-19(20)10-5-13(24)17(26)14(25)6-10/h5-8,19-20,22-26H,3-4,9H2,1-2H3/t19-,20+/m1/s1. The molecule has 2 atom stereocenters. The first-order valence-electron chi connectivity index (χ1n) is 9.12. The van der Waals surface area contributed by atoms with Gasteiger partial charge in [0.05, 0.1) is 0 Å². The molecule has 9 nitrogen and oxygen atoms in total. The number of fused-ring (bicyclic) bond motifs is 1. The fraction of sp³-hybridized carbons (Fsp3) is 0.350. The number of nitrogens with zero attached hydrogens (tertiary/aromatic N) is 1. The molecular weight excluding hydrogens is 382 g/mol. The summed E-state index contributed by atoms with van der Waals surface area (Å²) in [7, 11) is 0. The molecule has 0 spiro atoms. The zero-order valence-electron chi connectivity index (χ0n) is 16.0. The van der Waals surface area contributed by atoms with E-state index >= 15 is 0 Å². The van der Waals surface area contributed by atoms with Crippen molar-refractivity contribution >= 4 is 5.78 Å². The van der Waals surface area contributed by atoms with Gasteiger partial charge in [-0.15, -0.1) is 0 Å². The number of carbonyl (C=O) groups excluding carboxylic acids is 1. The van der Waals surface area contributed by atoms with E-state index in [1.807, 2.05) is 18.7 Å². The summed E-state index contributed by atoms with van der Waals surface area (Å²) in [5.41, 5.74) is 0.0417. The van der Waals surface area contributed by atoms with Crippen molar-refractivity contribution in [1.82, 2.24) is 4.90 Å². The minimum Gasteiger partial charge on any atom is -0.508 e. The normalized spacial score (nSPS) is 18.5. The quantitative estimate of drug-likeness (QED) is 0.361. The van der Waals surface area contributed by atoms with Gasteiger partial charge in [0.25, 0.3) is 0 Å². The Kier molecular flexibility index (Phi) is 5.71. The van der Waals surface area contributed by atoms with Gasteiger partial charge in [-0.25, -0.2) is 0 Å². The molecule has 156 valence electrons. The monoisotopic (exact) mass is 405 g/mol. The van der Waals surface area contributed by atoms with Crippen molar-refractivity contribution in [3.05, 3.63) is 35.4 Å². The summed E-state index contributed by atoms with van der Waals surface area (Å²) in [5.74, 6) is -3.28. The molecule has 2 aromatic rings. The van der Waals surface area contributed by atoms with Gasteiger partial charge in [-0.05, 0) is 25.2 Å². The van der Waals surface area contributed by atoms with Gasteiger partial charge < -0.3 is 35.0 Å². The third-order valence-electron chi connectivity index (χ3n) is 4.85. The van der Waals surface area contributed by atoms with E-state index in [1.165, 1.54) is 6.07 Å². The Hall–Kier alpha value is -3.17. The number of hydrogen-bond donors (Lipinski definition) is 5. The number of rotatable bonds is 6. The second-order valence-electron chi connectivity index (χ2n) is 6.67. The van der Waals surface area contributed by atoms with Crippen molar-refractivity contribution in [2.45, 2.75) is 26.1 Å². The van der Waals surface area contributed by atoms with Crippen LogP contribution in [0.25, 0.3) is 0 Å². The van der Waals surface area contributed by atoms with Crippen LogP contribution in [0.4, 0.5) is 0 Å². The molecule has 0 unspecified atom stereocenters. The van der Waals surface area contributed by atoms with Gasteiger partial charge >= 0.3 is 0 Å². The fourth-order valence-electron chi connectivity index (χ4n) is 3.19. The highest BCUT2D eigenvalue weighted by molar-refractivity contribution is 6.05. The van der Waals surface area contributed by atoms with E-state index in [-0.39, 0.29) is 29.4 Å². The van der Waals surface area contributed by atoms with Gasteiger partial charge in [0.15, 0.2) is 29.5 Å². The van der Waals surface area contributed by atoms with Gasteiger partial charge in [-0.3, -0.25) is 9.69 Å². The van der Waals surface area contributed by atoms with Crippen LogP contribution in [0.15, 0.2) is 24.3 Å². The van der Waals surface area contributed by atoms with Crippen molar-refractivity contribution in [3.8, 4) is 34.5 Å². The molecule has 5 N–H and O–H groups in total. The van der Waals surface area contributed by atoms with Gasteiger partial charge in [-0.1, -0.05) is 13.8 Å². The lowest BCUT2D eigenvalue weighted by Gasteiger charge is -2.34. The van der Waals surface area contributed by atoms with Crippen molar-refractivity contribution in [3.63, 3.8) is 0 Å². The Bertz CT molecular complexity index is 902. The largest absolute Gasteiger partial charge is 0.508 e. The van der Waals surface area contributed by atoms with Crippen LogP contribution in [-0.4, -0.2) is 62.1 Å². The lowest BCUT2D eigenvalue weighted by Crippen LogP contribution is -2.41. The summed E-state index contributed by atoms with van der Waals surface area (Å²) < 4.78 is 11.6. The SMILES string of the molecule is CCN(CC)CO[C@H]1C(=O)c2c(O)cc(O)cc2O[C@@H]1c1cc(O)c(O)c(O)c1. The average molecular weight is 405 g/mol. The third-order valence-corrected chi connectivity index (χ3v) is 4.85. The first-order valence-corrected chi connectivity index (χ1v) is 9.12. The number of ketones is 1. The van der Waals surface area contributed by atoms with Gasteiger partial charge in [-0.2, -0.15) is 0 Å². The summed E-state index contributed by atoms with van der Waals surface area (Å²) in [5, 5.41) is 49.2. The minimum atomic E-state index is -1.21. The Morgan fingerprint density at radius 2 is 1.59 bits per heavy atom. The molecule has 29 heavy (non-hydrogen) atoms. The van der Waals surface area contributed by atoms with Gasteiger partial charge in [0.2, 0.25) is 5.78 Å². The number of benzene rings is 2. The average Bonchev–Trinajstić information content (AvgIpc) is 2.67. The molecule has 0 saturated carbocycles. The molecule has 0 saturated heterocycles. The zero-order chi connectivity index (χ0) is 21.3. The molecule has 0 bridgehead atoms. The van der Waals surface area contributed by atoms with Crippen LogP contribution < -0.4 is 4.74 Å². The number of hydrogen-bond acceptors (Lipinski definition) is 9. The Balaban J connectivity index is 2.06. The highest BCUT2D eigenvalue weighted by Crippen LogP contribution is 2.45. The van der Waals surface area contributed by atoms with Crippen LogP contribution in [0, 0.1) is 0 Å². The molecule has 1 heterocycles. The molecular formula is C20H23NO8. The Labute approximate surface area is 167 Å². The van der Waals surface area contributed by atoms with E-state index in [4.69, 9.17) is 9.47 Å². The van der Waals surface area contributed by atoms with Crippen molar-refractivity contribution < 1.29 is 39.8 Å². The molecule has 1 aliphatic rings. The van der Waals surface area contributed by atoms with E-state index in [9.17, 15) is 30.3 Å². The van der Waals surface area contributed by atoms with Crippen molar-refractivity contribution in [2.24, 2.45) is 0 Å². The molecule has 1 aliphatic heterocycles. The molecule has 0 aromatic heterocycles. The van der Waals surface area contributed by atoms with E-state index in [1.54, 1.807) is 0 Å². The van der Waals surface area contributed by atoms with E-state index in [0.717, 1.165) is 18.2 Å². The second-order valence-corrected chi connectivity index (χ2v) is 6.67. The number of phenols is 5. The third kappa shape index (κ3) is 3.87. The van der Waals surface area contributed by atoms with E-state index in [2.05, 4.69) is 0 Å². The molecule has 0 amide bonds. The van der Waals surface area contributed by atoms with Crippen LogP contribution in [0.3, 0.4) is 0 Å². The maximum atomic E-state index is 13.1. The van der Waals surface area contributed by atoms with Gasteiger partial charge in [0, 0.05) is 17.7 Å². The number of Topliss-reactive ketones (excluding diaryl/α,β-unsaturated/α-hetero) is 1. The number of aromatic hydroxyl groups is 5. The number of ether oxygens (including phenoxy) is 2. The summed E-state index contributed by atoms with van der Waals surface area (Å²) >= 11 is 0. The summed E-state index contributed by atoms with van der Waals surface area (Å²) in [6.45, 7) is 5.33. The van der Waals surface area contributed by atoms with E-state index < -0.39 is 41.0 Å². The minimum absolute atomic E-state index is 0.0627. The Morgan fingerprint density at radius 3 is 2.17 bits per heavy atom. The first kappa shape index (κ1) is 20.6. The van der Waals surface area contributed by atoms with Crippen LogP contribution in [0.1, 0.15) is 35.9 Å². The van der Waals surface area contributed by atoms with Crippen LogP contribution >= 0.6 is 0 Å². The maximum absolute atomic E-state index is 13.1. The maximum Gasteiger partial charge on any atom is 0.203 e. The fourth-order valence-corrected chi connectivity index (χ4v) is 3.19. The molecule has 0 aliphatic carbocycles. The first-order chi connectivity index (χ1) is 13.8. The smallest absolute Gasteiger partial charge is 0.203 e. The van der Waals surface area contributed by atoms with E-state index in [0.29, 0.717) is 13.1 Å². The highest BCUT2D eigenvalue weighted by Gasteiger charge is 2.42. The van der Waals surface area contributed by atoms with Crippen LogP contribution in [0.5, 0.6) is 34.5 Å². The lowest BCUT2D eigenvalue weighted by atomic mass is 9.92. The predicted octanol–water partition coefficient (Wildman–Crippen LogP) is 2.22.